The summed E-state index contributed by atoms with van der Waals surface area (Å²) >= 11 is 0. The van der Waals surface area contributed by atoms with Crippen molar-refractivity contribution in [2.24, 2.45) is 5.73 Å². The lowest BCUT2D eigenvalue weighted by Crippen LogP contribution is -2.11. The van der Waals surface area contributed by atoms with Crippen molar-refractivity contribution in [3.8, 4) is 0 Å². The van der Waals surface area contributed by atoms with Gasteiger partial charge in [-0.2, -0.15) is 0 Å². The number of carbonyl (C=O) groups excluding carboxylic acids is 1. The van der Waals surface area contributed by atoms with Crippen LogP contribution in [0.15, 0.2) is 4.42 Å². The van der Waals surface area contributed by atoms with Crippen molar-refractivity contribution in [3.63, 3.8) is 0 Å². The SMILES string of the molecule is COCCc1nnc(C(N)=O)o1. The number of nitrogens with zero attached hydrogens (tertiary/aromatic N) is 2. The number of amides is 1. The Balaban J connectivity index is 2.58. The predicted molar refractivity (Wildman–Crippen MR) is 38.4 cm³/mol. The third-order valence-electron chi connectivity index (χ3n) is 1.20. The number of aromatic nitrogens is 2. The number of carbonyl (C=O) groups is 1. The van der Waals surface area contributed by atoms with E-state index in [0.29, 0.717) is 18.9 Å². The number of methoxy groups -OCH3 is 1. The predicted octanol–water partition coefficient (Wildman–Crippen LogP) is -0.643. The van der Waals surface area contributed by atoms with Crippen LogP contribution < -0.4 is 5.73 Å². The molecule has 6 heteroatoms. The van der Waals surface area contributed by atoms with Crippen LogP contribution in [0.4, 0.5) is 0 Å². The molecule has 66 valence electrons. The number of ether oxygens (including phenoxy) is 1. The molecule has 1 aromatic rings. The molecule has 6 nitrogen and oxygen atoms in total. The average Bonchev–Trinajstić information content (AvgIpc) is 2.48. The van der Waals surface area contributed by atoms with Crippen molar-refractivity contribution >= 4 is 5.91 Å². The highest BCUT2D eigenvalue weighted by Crippen LogP contribution is 1.99. The zero-order chi connectivity index (χ0) is 8.97. The van der Waals surface area contributed by atoms with Gasteiger partial charge in [0.05, 0.1) is 6.61 Å². The highest BCUT2D eigenvalue weighted by Gasteiger charge is 2.09. The van der Waals surface area contributed by atoms with Crippen LogP contribution in [0.5, 0.6) is 0 Å². The molecular weight excluding hydrogens is 162 g/mol. The molecule has 0 radical (unpaired) electrons. The molecule has 0 saturated heterocycles. The van der Waals surface area contributed by atoms with Gasteiger partial charge < -0.3 is 14.9 Å². The minimum absolute atomic E-state index is 0.166. The molecule has 0 bridgehead atoms. The van der Waals surface area contributed by atoms with Crippen LogP contribution in [-0.2, 0) is 11.2 Å². The molecule has 0 aliphatic heterocycles. The molecule has 1 aromatic heterocycles. The lowest BCUT2D eigenvalue weighted by atomic mass is 10.5. The molecule has 0 aliphatic carbocycles. The lowest BCUT2D eigenvalue weighted by Gasteiger charge is -1.90. The summed E-state index contributed by atoms with van der Waals surface area (Å²) in [5.41, 5.74) is 4.89. The number of nitrogens with two attached hydrogens (primary N) is 1. The minimum atomic E-state index is -0.717. The molecule has 1 heterocycles. The molecule has 0 unspecified atom stereocenters. The van der Waals surface area contributed by atoms with E-state index in [9.17, 15) is 4.79 Å². The average molecular weight is 171 g/mol. The van der Waals surface area contributed by atoms with Crippen molar-refractivity contribution in [1.82, 2.24) is 10.2 Å². The number of rotatable bonds is 4. The second kappa shape index (κ2) is 3.82. The molecule has 0 atom stereocenters. The van der Waals surface area contributed by atoms with E-state index in [1.165, 1.54) is 0 Å². The Bertz CT molecular complexity index is 271. The molecule has 0 fully saturated rings. The summed E-state index contributed by atoms with van der Waals surface area (Å²) < 4.78 is 9.64. The van der Waals surface area contributed by atoms with E-state index in [4.69, 9.17) is 14.9 Å². The van der Waals surface area contributed by atoms with Gasteiger partial charge in [0.25, 0.3) is 0 Å². The van der Waals surface area contributed by atoms with Gasteiger partial charge in [0.1, 0.15) is 0 Å². The van der Waals surface area contributed by atoms with Crippen molar-refractivity contribution < 1.29 is 13.9 Å². The van der Waals surface area contributed by atoms with Crippen molar-refractivity contribution in [2.45, 2.75) is 6.42 Å². The summed E-state index contributed by atoms with van der Waals surface area (Å²) in [6, 6.07) is 0. The van der Waals surface area contributed by atoms with Crippen LogP contribution in [0.25, 0.3) is 0 Å². The van der Waals surface area contributed by atoms with Crippen LogP contribution >= 0.6 is 0 Å². The fourth-order valence-electron chi connectivity index (χ4n) is 0.644. The molecule has 0 spiro atoms. The van der Waals surface area contributed by atoms with Gasteiger partial charge in [0.15, 0.2) is 0 Å². The van der Waals surface area contributed by atoms with E-state index in [0.717, 1.165) is 0 Å². The third kappa shape index (κ3) is 2.03. The van der Waals surface area contributed by atoms with E-state index >= 15 is 0 Å². The van der Waals surface area contributed by atoms with Crippen LogP contribution in [0.3, 0.4) is 0 Å². The quantitative estimate of drug-likeness (QED) is 0.650. The molecule has 0 aliphatic rings. The summed E-state index contributed by atoms with van der Waals surface area (Å²) in [7, 11) is 1.56. The maximum atomic E-state index is 10.5. The van der Waals surface area contributed by atoms with Gasteiger partial charge >= 0.3 is 11.8 Å². The first kappa shape index (κ1) is 8.66. The first-order valence-corrected chi connectivity index (χ1v) is 3.35. The monoisotopic (exact) mass is 171 g/mol. The molecule has 0 saturated carbocycles. The number of primary amides is 1. The Labute approximate surface area is 68.7 Å². The molecule has 2 N–H and O–H groups in total. The fourth-order valence-corrected chi connectivity index (χ4v) is 0.644. The Morgan fingerprint density at radius 1 is 1.67 bits per heavy atom. The maximum absolute atomic E-state index is 10.5. The zero-order valence-corrected chi connectivity index (χ0v) is 6.61. The second-order valence-electron chi connectivity index (χ2n) is 2.11. The van der Waals surface area contributed by atoms with Gasteiger partial charge in [-0.3, -0.25) is 4.79 Å². The van der Waals surface area contributed by atoms with Crippen molar-refractivity contribution in [1.29, 1.82) is 0 Å². The number of hydrogen-bond donors (Lipinski definition) is 1. The Hall–Kier alpha value is -1.43. The normalized spacial score (nSPS) is 10.1. The van der Waals surface area contributed by atoms with Gasteiger partial charge in [0, 0.05) is 13.5 Å². The smallest absolute Gasteiger partial charge is 0.306 e. The lowest BCUT2D eigenvalue weighted by molar-refractivity contribution is 0.0964. The summed E-state index contributed by atoms with van der Waals surface area (Å²) in [6.45, 7) is 0.473. The van der Waals surface area contributed by atoms with Crippen LogP contribution in [0, 0.1) is 0 Å². The van der Waals surface area contributed by atoms with Gasteiger partial charge in [-0.1, -0.05) is 0 Å². The topological polar surface area (TPSA) is 91.2 Å². The molecule has 0 aromatic carbocycles. The van der Waals surface area contributed by atoms with Crippen molar-refractivity contribution in [2.75, 3.05) is 13.7 Å². The van der Waals surface area contributed by atoms with Gasteiger partial charge in [-0.05, 0) is 0 Å². The molecule has 12 heavy (non-hydrogen) atoms. The molecular formula is C6H9N3O3. The second-order valence-corrected chi connectivity index (χ2v) is 2.11. The van der Waals surface area contributed by atoms with Crippen LogP contribution in [0.1, 0.15) is 16.6 Å². The Morgan fingerprint density at radius 3 is 2.92 bits per heavy atom. The molecule has 1 rings (SSSR count). The zero-order valence-electron chi connectivity index (χ0n) is 6.61. The summed E-state index contributed by atoms with van der Waals surface area (Å²) in [5.74, 6) is -0.530. The van der Waals surface area contributed by atoms with E-state index in [1.54, 1.807) is 7.11 Å². The first-order valence-electron chi connectivity index (χ1n) is 3.35. The van der Waals surface area contributed by atoms with Crippen molar-refractivity contribution in [3.05, 3.63) is 11.8 Å². The number of hydrogen-bond acceptors (Lipinski definition) is 5. The minimum Gasteiger partial charge on any atom is -0.417 e. The Morgan fingerprint density at radius 2 is 2.42 bits per heavy atom. The first-order chi connectivity index (χ1) is 5.74. The maximum Gasteiger partial charge on any atom is 0.306 e. The van der Waals surface area contributed by atoms with E-state index in [-0.39, 0.29) is 5.89 Å². The van der Waals surface area contributed by atoms with Gasteiger partial charge in [-0.25, -0.2) is 0 Å². The summed E-state index contributed by atoms with van der Waals surface area (Å²) in [4.78, 5) is 10.5. The van der Waals surface area contributed by atoms with Gasteiger partial charge in [0.2, 0.25) is 5.89 Å². The summed E-state index contributed by atoms with van der Waals surface area (Å²) in [5, 5.41) is 7.00. The highest BCUT2D eigenvalue weighted by atomic mass is 16.5. The van der Waals surface area contributed by atoms with E-state index in [2.05, 4.69) is 10.2 Å². The summed E-state index contributed by atoms with van der Waals surface area (Å²) in [6.07, 6.45) is 0.483. The van der Waals surface area contributed by atoms with Crippen LogP contribution in [-0.4, -0.2) is 29.8 Å². The van der Waals surface area contributed by atoms with E-state index < -0.39 is 5.91 Å². The third-order valence-corrected chi connectivity index (χ3v) is 1.20. The Kier molecular flexibility index (Phi) is 2.76. The largest absolute Gasteiger partial charge is 0.417 e. The van der Waals surface area contributed by atoms with Crippen LogP contribution in [0.2, 0.25) is 0 Å². The van der Waals surface area contributed by atoms with E-state index in [1.807, 2.05) is 0 Å². The fraction of sp³-hybridized carbons (Fsp3) is 0.500. The standard InChI is InChI=1S/C6H9N3O3/c1-11-3-2-4-8-9-6(12-4)5(7)10/h2-3H2,1H3,(H2,7,10). The van der Waals surface area contributed by atoms with Gasteiger partial charge in [-0.15, -0.1) is 10.2 Å². The highest BCUT2D eigenvalue weighted by molar-refractivity contribution is 5.87. The molecule has 1 amide bonds.